The van der Waals surface area contributed by atoms with Gasteiger partial charge in [0.05, 0.1) is 10.2 Å². The lowest BCUT2D eigenvalue weighted by atomic mass is 10.1. The fourth-order valence-electron chi connectivity index (χ4n) is 0.986. The number of aryl methyl sites for hydroxylation is 1. The van der Waals surface area contributed by atoms with Gasteiger partial charge >= 0.3 is 0 Å². The first kappa shape index (κ1) is 9.45. The Balaban J connectivity index is 3.28. The predicted molar refractivity (Wildman–Crippen MR) is 53.0 cm³/mol. The fraction of sp³-hybridized carbons (Fsp3) is 0.500. The molecule has 2 N–H and O–H groups in total. The first-order chi connectivity index (χ1) is 5.52. The van der Waals surface area contributed by atoms with Crippen LogP contribution in [0.1, 0.15) is 31.3 Å². The van der Waals surface area contributed by atoms with E-state index in [4.69, 9.17) is 5.73 Å². The number of nitrogens with two attached hydrogens (primary N) is 1. The lowest BCUT2D eigenvalue weighted by Gasteiger charge is -2.09. The molecule has 0 saturated heterocycles. The summed E-state index contributed by atoms with van der Waals surface area (Å²) in [5.74, 6) is 1.61. The van der Waals surface area contributed by atoms with Crippen molar-refractivity contribution in [1.82, 2.24) is 9.97 Å². The number of halogens is 1. The molecule has 3 nitrogen and oxygen atoms in total. The Morgan fingerprint density at radius 2 is 1.92 bits per heavy atom. The number of aromatic nitrogens is 2. The number of anilines is 1. The molecule has 0 unspecified atom stereocenters. The summed E-state index contributed by atoms with van der Waals surface area (Å²) in [6.07, 6.45) is 0. The van der Waals surface area contributed by atoms with E-state index in [1.807, 2.05) is 6.92 Å². The van der Waals surface area contributed by atoms with Crippen molar-refractivity contribution in [3.63, 3.8) is 0 Å². The Bertz CT molecular complexity index is 297. The summed E-state index contributed by atoms with van der Waals surface area (Å²) < 4.78 is 0.822. The largest absolute Gasteiger partial charge is 0.383 e. The third-order valence-corrected chi connectivity index (χ3v) is 2.37. The van der Waals surface area contributed by atoms with E-state index < -0.39 is 0 Å². The molecule has 0 radical (unpaired) electrons. The van der Waals surface area contributed by atoms with E-state index in [1.54, 1.807) is 0 Å². The molecule has 0 spiro atoms. The molecule has 0 saturated carbocycles. The van der Waals surface area contributed by atoms with Crippen molar-refractivity contribution in [2.24, 2.45) is 0 Å². The van der Waals surface area contributed by atoms with Crippen LogP contribution in [0.2, 0.25) is 0 Å². The summed E-state index contributed by atoms with van der Waals surface area (Å²) >= 11 is 3.36. The molecule has 0 aromatic carbocycles. The molecule has 4 heteroatoms. The maximum Gasteiger partial charge on any atom is 0.141 e. The van der Waals surface area contributed by atoms with Crippen LogP contribution in [0, 0.1) is 6.92 Å². The van der Waals surface area contributed by atoms with E-state index in [0.717, 1.165) is 16.0 Å². The molecular weight excluding hydrogens is 218 g/mol. The molecule has 0 amide bonds. The van der Waals surface area contributed by atoms with Gasteiger partial charge < -0.3 is 5.73 Å². The number of hydrogen-bond donors (Lipinski definition) is 1. The monoisotopic (exact) mass is 229 g/mol. The van der Waals surface area contributed by atoms with Crippen LogP contribution in [-0.4, -0.2) is 9.97 Å². The van der Waals surface area contributed by atoms with Crippen LogP contribution in [0.25, 0.3) is 0 Å². The highest BCUT2D eigenvalue weighted by molar-refractivity contribution is 9.10. The van der Waals surface area contributed by atoms with Crippen molar-refractivity contribution >= 4 is 21.7 Å². The van der Waals surface area contributed by atoms with Crippen molar-refractivity contribution in [3.8, 4) is 0 Å². The Hall–Kier alpha value is -0.640. The van der Waals surface area contributed by atoms with Crippen LogP contribution < -0.4 is 5.73 Å². The minimum Gasteiger partial charge on any atom is -0.383 e. The lowest BCUT2D eigenvalue weighted by Crippen LogP contribution is -2.03. The molecule has 0 aliphatic rings. The van der Waals surface area contributed by atoms with Gasteiger partial charge in [0.2, 0.25) is 0 Å². The molecule has 0 aliphatic carbocycles. The molecule has 0 fully saturated rings. The second-order valence-corrected chi connectivity index (χ2v) is 3.80. The second-order valence-electron chi connectivity index (χ2n) is 3.01. The van der Waals surface area contributed by atoms with Gasteiger partial charge in [-0.05, 0) is 28.8 Å². The number of hydrogen-bond acceptors (Lipinski definition) is 3. The zero-order valence-corrected chi connectivity index (χ0v) is 9.01. The fourth-order valence-corrected chi connectivity index (χ4v) is 1.62. The Morgan fingerprint density at radius 1 is 1.33 bits per heavy atom. The van der Waals surface area contributed by atoms with Crippen molar-refractivity contribution in [3.05, 3.63) is 16.0 Å². The van der Waals surface area contributed by atoms with Gasteiger partial charge in [-0.25, -0.2) is 9.97 Å². The van der Waals surface area contributed by atoms with Crippen LogP contribution in [0.15, 0.2) is 4.47 Å². The molecule has 66 valence electrons. The van der Waals surface area contributed by atoms with Crippen LogP contribution in [0.3, 0.4) is 0 Å². The summed E-state index contributed by atoms with van der Waals surface area (Å²) in [7, 11) is 0. The van der Waals surface area contributed by atoms with Crippen molar-refractivity contribution in [2.75, 3.05) is 5.73 Å². The summed E-state index contributed by atoms with van der Waals surface area (Å²) in [6, 6.07) is 0. The number of nitrogens with zero attached hydrogens (tertiary/aromatic N) is 2. The number of nitrogen functional groups attached to an aromatic ring is 1. The zero-order valence-electron chi connectivity index (χ0n) is 7.43. The van der Waals surface area contributed by atoms with Gasteiger partial charge in [0, 0.05) is 0 Å². The maximum atomic E-state index is 5.66. The quantitative estimate of drug-likeness (QED) is 0.804. The average Bonchev–Trinajstić information content (AvgIpc) is 1.96. The Morgan fingerprint density at radius 3 is 2.42 bits per heavy atom. The highest BCUT2D eigenvalue weighted by Crippen LogP contribution is 2.26. The molecule has 1 rings (SSSR count). The van der Waals surface area contributed by atoms with E-state index in [1.165, 1.54) is 0 Å². The molecular formula is C8H12BrN3. The summed E-state index contributed by atoms with van der Waals surface area (Å²) in [5, 5.41) is 0. The van der Waals surface area contributed by atoms with Crippen LogP contribution in [0.5, 0.6) is 0 Å². The number of rotatable bonds is 1. The van der Waals surface area contributed by atoms with Crippen molar-refractivity contribution < 1.29 is 0 Å². The highest BCUT2D eigenvalue weighted by atomic mass is 79.9. The Kier molecular flexibility index (Phi) is 2.67. The van der Waals surface area contributed by atoms with E-state index in [0.29, 0.717) is 11.7 Å². The standard InChI is InChI=1S/C8H12BrN3/c1-4(2)7-6(9)8(10)12-5(3)11-7/h4H,1-3H3,(H2,10,11,12). The highest BCUT2D eigenvalue weighted by Gasteiger charge is 2.10. The minimum absolute atomic E-state index is 0.364. The van der Waals surface area contributed by atoms with Gasteiger partial charge in [-0.1, -0.05) is 13.8 Å². The van der Waals surface area contributed by atoms with E-state index in [-0.39, 0.29) is 0 Å². The summed E-state index contributed by atoms with van der Waals surface area (Å²) in [4.78, 5) is 8.33. The second kappa shape index (κ2) is 3.39. The third kappa shape index (κ3) is 1.75. The predicted octanol–water partition coefficient (Wildman–Crippen LogP) is 2.25. The molecule has 12 heavy (non-hydrogen) atoms. The first-order valence-corrected chi connectivity index (χ1v) is 4.61. The van der Waals surface area contributed by atoms with E-state index >= 15 is 0 Å². The van der Waals surface area contributed by atoms with Crippen LogP contribution >= 0.6 is 15.9 Å². The van der Waals surface area contributed by atoms with Crippen molar-refractivity contribution in [2.45, 2.75) is 26.7 Å². The minimum atomic E-state index is 0.364. The molecule has 0 atom stereocenters. The van der Waals surface area contributed by atoms with Crippen molar-refractivity contribution in [1.29, 1.82) is 0 Å². The summed E-state index contributed by atoms with van der Waals surface area (Å²) in [5.41, 5.74) is 6.63. The van der Waals surface area contributed by atoms with Gasteiger partial charge in [-0.2, -0.15) is 0 Å². The molecule has 0 aliphatic heterocycles. The first-order valence-electron chi connectivity index (χ1n) is 3.82. The zero-order chi connectivity index (χ0) is 9.30. The van der Waals surface area contributed by atoms with Gasteiger partial charge in [0.25, 0.3) is 0 Å². The van der Waals surface area contributed by atoms with E-state index in [2.05, 4.69) is 39.7 Å². The molecule has 1 aromatic heterocycles. The Labute approximate surface area is 80.5 Å². The van der Waals surface area contributed by atoms with Crippen LogP contribution in [-0.2, 0) is 0 Å². The third-order valence-electron chi connectivity index (χ3n) is 1.56. The SMILES string of the molecule is Cc1nc(N)c(Br)c(C(C)C)n1. The molecule has 1 aromatic rings. The van der Waals surface area contributed by atoms with Gasteiger partial charge in [-0.3, -0.25) is 0 Å². The van der Waals surface area contributed by atoms with Gasteiger partial charge in [0.1, 0.15) is 11.6 Å². The smallest absolute Gasteiger partial charge is 0.141 e. The topological polar surface area (TPSA) is 51.8 Å². The van der Waals surface area contributed by atoms with E-state index in [9.17, 15) is 0 Å². The normalized spacial score (nSPS) is 10.8. The van der Waals surface area contributed by atoms with Gasteiger partial charge in [-0.15, -0.1) is 0 Å². The average molecular weight is 230 g/mol. The molecule has 0 bridgehead atoms. The molecule has 1 heterocycles. The van der Waals surface area contributed by atoms with Gasteiger partial charge in [0.15, 0.2) is 0 Å². The summed E-state index contributed by atoms with van der Waals surface area (Å²) in [6.45, 7) is 5.99. The van der Waals surface area contributed by atoms with Crippen LogP contribution in [0.4, 0.5) is 5.82 Å². The lowest BCUT2D eigenvalue weighted by molar-refractivity contribution is 0.796. The maximum absolute atomic E-state index is 5.66.